The summed E-state index contributed by atoms with van der Waals surface area (Å²) in [6.45, 7) is 11.3. The van der Waals surface area contributed by atoms with Gasteiger partial charge in [-0.3, -0.25) is 4.79 Å². The normalized spacial score (nSPS) is 24.6. The molecule has 5 rings (SSSR count). The number of hydrogen-bond acceptors (Lipinski definition) is 6. The number of hydrogen-bond donors (Lipinski definition) is 3. The lowest BCUT2D eigenvalue weighted by atomic mass is 9.68. The summed E-state index contributed by atoms with van der Waals surface area (Å²) in [6.07, 6.45) is 8.04. The average molecular weight is 651 g/mol. The van der Waals surface area contributed by atoms with Crippen molar-refractivity contribution in [3.8, 4) is 5.75 Å². The van der Waals surface area contributed by atoms with E-state index < -0.39 is 29.5 Å². The number of amides is 1. The number of aliphatic hydroxyl groups excluding tert-OH is 1. The molecule has 9 heteroatoms. The molecule has 0 radical (unpaired) electrons. The van der Waals surface area contributed by atoms with Crippen LogP contribution in [0.5, 0.6) is 5.75 Å². The number of benzene rings is 2. The van der Waals surface area contributed by atoms with E-state index in [2.05, 4.69) is 24.1 Å². The molecule has 1 spiro atoms. The third-order valence-electron chi connectivity index (χ3n) is 10.7. The van der Waals surface area contributed by atoms with E-state index in [9.17, 15) is 24.9 Å². The van der Waals surface area contributed by atoms with E-state index in [1.807, 2.05) is 12.1 Å². The fourth-order valence-electron chi connectivity index (χ4n) is 7.86. The van der Waals surface area contributed by atoms with Crippen molar-refractivity contribution < 1.29 is 29.6 Å². The van der Waals surface area contributed by atoms with E-state index in [-0.39, 0.29) is 29.2 Å². The van der Waals surface area contributed by atoms with E-state index in [0.717, 1.165) is 32.1 Å². The van der Waals surface area contributed by atoms with Crippen molar-refractivity contribution in [2.75, 3.05) is 38.2 Å². The van der Waals surface area contributed by atoms with Crippen LogP contribution in [0, 0.1) is 17.8 Å². The van der Waals surface area contributed by atoms with Crippen LogP contribution in [0.3, 0.4) is 0 Å². The van der Waals surface area contributed by atoms with Gasteiger partial charge < -0.3 is 29.9 Å². The first-order valence-corrected chi connectivity index (χ1v) is 16.8. The lowest BCUT2D eigenvalue weighted by Crippen LogP contribution is -2.50. The average Bonchev–Trinajstić information content (AvgIpc) is 3.18. The summed E-state index contributed by atoms with van der Waals surface area (Å²) >= 11 is 6.41. The van der Waals surface area contributed by atoms with Crippen LogP contribution in [0.1, 0.15) is 62.1 Å². The maximum absolute atomic E-state index is 13.6. The minimum Gasteiger partial charge on any atom is -0.490 e. The molecule has 2 aromatic carbocycles. The molecule has 0 saturated heterocycles. The van der Waals surface area contributed by atoms with Gasteiger partial charge in [0, 0.05) is 37.1 Å². The maximum Gasteiger partial charge on any atom is 0.341 e. The van der Waals surface area contributed by atoms with Gasteiger partial charge in [0.05, 0.1) is 24.3 Å². The molecule has 1 saturated carbocycles. The van der Waals surface area contributed by atoms with Crippen LogP contribution in [0.15, 0.2) is 61.7 Å². The molecule has 1 heterocycles. The molecule has 6 atom stereocenters. The molecule has 248 valence electrons. The molecule has 1 aliphatic heterocycles. The van der Waals surface area contributed by atoms with Gasteiger partial charge in [-0.05, 0) is 97.7 Å². The minimum absolute atomic E-state index is 0.0749. The van der Waals surface area contributed by atoms with Gasteiger partial charge in [0.25, 0.3) is 0 Å². The third kappa shape index (κ3) is 6.19. The first-order chi connectivity index (χ1) is 22.0. The Morgan fingerprint density at radius 2 is 2.02 bits per heavy atom. The molecular formula is C37H47ClN2O6. The molecule has 1 fully saturated rings. The second-order valence-electron chi connectivity index (χ2n) is 13.4. The quantitative estimate of drug-likeness (QED) is 0.252. The number of aliphatic carboxylic acids is 1. The van der Waals surface area contributed by atoms with Crippen LogP contribution in [-0.4, -0.2) is 71.5 Å². The number of carboxylic acids is 1. The zero-order valence-corrected chi connectivity index (χ0v) is 27.7. The summed E-state index contributed by atoms with van der Waals surface area (Å²) in [4.78, 5) is 30.2. The molecule has 2 aromatic rings. The van der Waals surface area contributed by atoms with E-state index in [0.29, 0.717) is 49.1 Å². The molecule has 0 bridgehead atoms. The predicted octanol–water partition coefficient (Wildman–Crippen LogP) is 5.72. The lowest BCUT2D eigenvalue weighted by Gasteiger charge is -2.45. The van der Waals surface area contributed by atoms with Crippen molar-refractivity contribution in [1.82, 2.24) is 4.90 Å². The smallest absolute Gasteiger partial charge is 0.341 e. The molecule has 3 aliphatic rings. The standard InChI is InChI=1S/C37H47ClN2O6/c1-5-8-18-39(4)34(42)29(6-2)37(45,35(43)44)26-12-16-33-31(20-26)40(21-25-11-14-28(25)32(41)7-3)22-36(23-46-33)17-9-10-24-19-27(38)13-15-30(24)36/h5,7,12-13,15-16,19-20,25,28-29,32,41,45H,1,3,6,8-11,14,17-18,21-23H2,2,4H3,(H,43,44)/t25-,28+,29?,32-,36-,37?/m0/s1. The summed E-state index contributed by atoms with van der Waals surface area (Å²) in [5.41, 5.74) is 0.419. The number of carbonyl (C=O) groups excluding carboxylic acids is 1. The van der Waals surface area contributed by atoms with Crippen molar-refractivity contribution in [2.45, 2.75) is 69.0 Å². The van der Waals surface area contributed by atoms with Crippen LogP contribution in [0.25, 0.3) is 0 Å². The molecule has 1 amide bonds. The topological polar surface area (TPSA) is 111 Å². The Kier molecular flexibility index (Phi) is 10.2. The maximum atomic E-state index is 13.6. The number of ether oxygens (including phenoxy) is 1. The number of carbonyl (C=O) groups is 2. The van der Waals surface area contributed by atoms with Crippen LogP contribution < -0.4 is 9.64 Å². The number of carboxylic acid groups (broad SMARTS) is 1. The third-order valence-corrected chi connectivity index (χ3v) is 10.9. The van der Waals surface area contributed by atoms with Crippen molar-refractivity contribution in [3.63, 3.8) is 0 Å². The number of fused-ring (bicyclic) bond motifs is 3. The first kappa shape index (κ1) is 34.0. The predicted molar refractivity (Wildman–Crippen MR) is 180 cm³/mol. The fourth-order valence-corrected chi connectivity index (χ4v) is 8.06. The van der Waals surface area contributed by atoms with Crippen molar-refractivity contribution in [1.29, 1.82) is 0 Å². The number of nitrogens with zero attached hydrogens (tertiary/aromatic N) is 2. The highest BCUT2D eigenvalue weighted by Gasteiger charge is 2.51. The molecule has 2 aliphatic carbocycles. The molecule has 8 nitrogen and oxygen atoms in total. The Labute approximate surface area is 277 Å². The lowest BCUT2D eigenvalue weighted by molar-refractivity contribution is -0.173. The van der Waals surface area contributed by atoms with Crippen LogP contribution in [0.2, 0.25) is 5.02 Å². The molecular weight excluding hydrogens is 604 g/mol. The number of aliphatic hydroxyl groups is 2. The zero-order chi connectivity index (χ0) is 33.2. The second-order valence-corrected chi connectivity index (χ2v) is 13.8. The van der Waals surface area contributed by atoms with E-state index >= 15 is 0 Å². The Hall–Kier alpha value is -3.33. The number of aryl methyl sites for hydroxylation is 1. The highest BCUT2D eigenvalue weighted by molar-refractivity contribution is 6.30. The summed E-state index contributed by atoms with van der Waals surface area (Å²) in [5.74, 6) is -2.27. The van der Waals surface area contributed by atoms with Gasteiger partial charge >= 0.3 is 5.97 Å². The number of halogens is 1. The number of anilines is 1. The Bertz CT molecular complexity index is 1480. The Balaban J connectivity index is 1.58. The monoisotopic (exact) mass is 650 g/mol. The van der Waals surface area contributed by atoms with Gasteiger partial charge in [-0.25, -0.2) is 4.79 Å². The van der Waals surface area contributed by atoms with Gasteiger partial charge in [0.1, 0.15) is 5.75 Å². The van der Waals surface area contributed by atoms with E-state index in [1.54, 1.807) is 44.3 Å². The van der Waals surface area contributed by atoms with Crippen LogP contribution in [0.4, 0.5) is 5.69 Å². The largest absolute Gasteiger partial charge is 0.490 e. The van der Waals surface area contributed by atoms with Crippen molar-refractivity contribution >= 4 is 29.2 Å². The number of rotatable bonds is 12. The zero-order valence-electron chi connectivity index (χ0n) is 27.0. The summed E-state index contributed by atoms with van der Waals surface area (Å²) in [7, 11) is 1.62. The summed E-state index contributed by atoms with van der Waals surface area (Å²) in [6, 6.07) is 11.1. The molecule has 2 unspecified atom stereocenters. The van der Waals surface area contributed by atoms with Crippen LogP contribution in [-0.2, 0) is 27.0 Å². The van der Waals surface area contributed by atoms with Gasteiger partial charge in [0.2, 0.25) is 5.91 Å². The van der Waals surface area contributed by atoms with Gasteiger partial charge in [0.15, 0.2) is 5.60 Å². The highest BCUT2D eigenvalue weighted by Crippen LogP contribution is 2.48. The Morgan fingerprint density at radius 1 is 1.24 bits per heavy atom. The van der Waals surface area contributed by atoms with Crippen molar-refractivity contribution in [2.24, 2.45) is 17.8 Å². The first-order valence-electron chi connectivity index (χ1n) is 16.4. The minimum atomic E-state index is -2.47. The highest BCUT2D eigenvalue weighted by atomic mass is 35.5. The fraction of sp³-hybridized carbons (Fsp3) is 0.514. The summed E-state index contributed by atoms with van der Waals surface area (Å²) in [5, 5.41) is 33.9. The SMILES string of the molecule is C=CCCN(C)C(=O)C(CC)C(O)(C(=O)O)c1ccc2c(c1)N(C[C@@H]1CC[C@H]1[C@@H](O)C=C)C[C@@]1(CCCc3cc(Cl)ccc31)CO2. The van der Waals surface area contributed by atoms with Crippen molar-refractivity contribution in [3.05, 3.63) is 83.4 Å². The molecule has 3 N–H and O–H groups in total. The second kappa shape index (κ2) is 13.8. The van der Waals surface area contributed by atoms with Gasteiger partial charge in [-0.2, -0.15) is 0 Å². The molecule has 46 heavy (non-hydrogen) atoms. The van der Waals surface area contributed by atoms with E-state index in [1.165, 1.54) is 16.0 Å². The van der Waals surface area contributed by atoms with Gasteiger partial charge in [-0.1, -0.05) is 42.8 Å². The van der Waals surface area contributed by atoms with Crippen LogP contribution >= 0.6 is 11.6 Å². The van der Waals surface area contributed by atoms with Gasteiger partial charge in [-0.15, -0.1) is 13.2 Å². The molecule has 0 aromatic heterocycles. The van der Waals surface area contributed by atoms with E-state index in [4.69, 9.17) is 16.3 Å². The Morgan fingerprint density at radius 3 is 2.67 bits per heavy atom. The summed E-state index contributed by atoms with van der Waals surface area (Å²) < 4.78 is 6.58.